The third-order valence-corrected chi connectivity index (χ3v) is 14.8. The molecule has 478 valence electrons. The predicted octanol–water partition coefficient (Wildman–Crippen LogP) is 8.19. The number of halogens is 10. The van der Waals surface area contributed by atoms with Gasteiger partial charge in [-0.3, -0.25) is 37.4 Å². The topological polar surface area (TPSA) is 205 Å². The van der Waals surface area contributed by atoms with Gasteiger partial charge in [0.1, 0.15) is 11.6 Å². The van der Waals surface area contributed by atoms with Crippen molar-refractivity contribution in [2.45, 2.75) is 90.1 Å². The predicted molar refractivity (Wildman–Crippen MR) is 314 cm³/mol. The zero-order valence-electron chi connectivity index (χ0n) is 50.7. The summed E-state index contributed by atoms with van der Waals surface area (Å²) < 4.78 is 158. The summed E-state index contributed by atoms with van der Waals surface area (Å²) in [7, 11) is 2.43. The van der Waals surface area contributed by atoms with Gasteiger partial charge in [0.15, 0.2) is 23.1 Å². The van der Waals surface area contributed by atoms with Gasteiger partial charge in [-0.2, -0.15) is 26.3 Å². The summed E-state index contributed by atoms with van der Waals surface area (Å²) in [5.41, 5.74) is -8.54. The molecule has 0 spiro atoms. The molecule has 0 bridgehead atoms. The number of nitrogens with zero attached hydrogens (tertiary/aromatic N) is 4. The smallest absolute Gasteiger partial charge is 1.00 e. The molecule has 0 radical (unpaired) electrons. The van der Waals surface area contributed by atoms with Gasteiger partial charge >= 0.3 is 65.2 Å². The first-order chi connectivity index (χ1) is 42.7. The molecule has 4 N–H and O–H groups in total. The fourth-order valence-corrected chi connectivity index (χ4v) is 10.3. The minimum absolute atomic E-state index is 0. The Labute approximate surface area is 536 Å². The molecule has 0 saturated heterocycles. The van der Waals surface area contributed by atoms with E-state index >= 15 is 8.78 Å². The first-order valence-corrected chi connectivity index (χ1v) is 27.7. The number of ether oxygens (including phenoxy) is 2. The zero-order valence-corrected chi connectivity index (χ0v) is 51.7. The zero-order chi connectivity index (χ0) is 65.8. The molecule has 8 aromatic rings. The first-order valence-electron chi connectivity index (χ1n) is 27.7. The molecule has 27 heteroatoms. The molecule has 91 heavy (non-hydrogen) atoms. The number of carboxylic acids is 2. The van der Waals surface area contributed by atoms with Crippen molar-refractivity contribution in [3.05, 3.63) is 243 Å². The maximum Gasteiger partial charge on any atom is 1.00 e. The van der Waals surface area contributed by atoms with E-state index in [0.717, 1.165) is 42.5 Å². The van der Waals surface area contributed by atoms with Crippen LogP contribution in [0, 0.1) is 37.1 Å². The number of hydrogen-bond donors (Lipinski definition) is 4. The number of rotatable bonds is 24. The standard InChI is InChI=1S/2C32H30F5N3O5.Na.H/c2*1-19-28(21-11-6-14-26(45-2)29(21)34)30(43)40(18-25(20-9-4-3-5-10-20)38-16-8-15-27(41)42)31(44)39(19)17-22-23(32(35,36)37)12-7-13-24(22)33;;/h2*3-7,9-14,25,38H,8,15-18H2,1-2H3,(H,41,42);;/q;;+1;-1/t2*25-;;/m00../s1. The number of carboxylic acid groups (broad SMARTS) is 2. The van der Waals surface area contributed by atoms with Crippen LogP contribution in [-0.4, -0.2) is 67.7 Å². The van der Waals surface area contributed by atoms with E-state index in [1.54, 1.807) is 60.7 Å². The van der Waals surface area contributed by atoms with Gasteiger partial charge in [-0.1, -0.05) is 97.1 Å². The van der Waals surface area contributed by atoms with E-state index in [1.807, 2.05) is 0 Å². The van der Waals surface area contributed by atoms with Crippen LogP contribution in [0.25, 0.3) is 22.3 Å². The van der Waals surface area contributed by atoms with Crippen molar-refractivity contribution in [2.24, 2.45) is 0 Å². The monoisotopic (exact) mass is 1290 g/mol. The second-order valence-electron chi connectivity index (χ2n) is 20.5. The summed E-state index contributed by atoms with van der Waals surface area (Å²) >= 11 is 0. The minimum Gasteiger partial charge on any atom is -1.00 e. The number of benzene rings is 6. The molecule has 2 heterocycles. The van der Waals surface area contributed by atoms with E-state index in [-0.39, 0.29) is 128 Å². The summed E-state index contributed by atoms with van der Waals surface area (Å²) in [6.07, 6.45) is -9.75. The van der Waals surface area contributed by atoms with Crippen LogP contribution in [0.3, 0.4) is 0 Å². The van der Waals surface area contributed by atoms with Crippen molar-refractivity contribution in [3.63, 3.8) is 0 Å². The molecule has 2 atom stereocenters. The number of carbonyl (C=O) groups is 2. The third kappa shape index (κ3) is 17.1. The molecule has 2 aromatic heterocycles. The average Bonchev–Trinajstić information content (AvgIpc) is 0.783. The van der Waals surface area contributed by atoms with E-state index in [0.29, 0.717) is 23.3 Å². The Morgan fingerprint density at radius 3 is 1.16 bits per heavy atom. The minimum atomic E-state index is -4.95. The van der Waals surface area contributed by atoms with Gasteiger partial charge in [0.2, 0.25) is 0 Å². The van der Waals surface area contributed by atoms with Crippen LogP contribution in [0.1, 0.15) is 84.0 Å². The van der Waals surface area contributed by atoms with Crippen molar-refractivity contribution in [2.75, 3.05) is 27.3 Å². The Balaban J connectivity index is 0.000000327. The van der Waals surface area contributed by atoms with Crippen LogP contribution >= 0.6 is 0 Å². The van der Waals surface area contributed by atoms with Crippen LogP contribution < -0.4 is 72.2 Å². The summed E-state index contributed by atoms with van der Waals surface area (Å²) in [4.78, 5) is 78.0. The van der Waals surface area contributed by atoms with Crippen molar-refractivity contribution in [3.8, 4) is 33.8 Å². The van der Waals surface area contributed by atoms with Gasteiger partial charge in [-0.05, 0) is 87.3 Å². The molecule has 0 aliphatic heterocycles. The van der Waals surface area contributed by atoms with Gasteiger partial charge in [-0.25, -0.2) is 27.2 Å². The first kappa shape index (κ1) is 71.5. The Bertz CT molecular complexity index is 3880. The molecule has 8 rings (SSSR count). The van der Waals surface area contributed by atoms with Gasteiger partial charge in [0, 0.05) is 46.5 Å². The second kappa shape index (κ2) is 31.5. The molecule has 0 saturated carbocycles. The van der Waals surface area contributed by atoms with Gasteiger partial charge in [0.05, 0.1) is 74.7 Å². The molecule has 0 fully saturated rings. The molecule has 16 nitrogen and oxygen atoms in total. The van der Waals surface area contributed by atoms with Crippen molar-refractivity contribution in [1.29, 1.82) is 0 Å². The van der Waals surface area contributed by atoms with Gasteiger partial charge in [0.25, 0.3) is 11.1 Å². The Hall–Kier alpha value is -8.56. The van der Waals surface area contributed by atoms with E-state index in [2.05, 4.69) is 10.6 Å². The van der Waals surface area contributed by atoms with Crippen LogP contribution in [0.4, 0.5) is 43.9 Å². The summed E-state index contributed by atoms with van der Waals surface area (Å²) in [5, 5.41) is 24.3. The van der Waals surface area contributed by atoms with Crippen LogP contribution in [0.15, 0.2) is 153 Å². The van der Waals surface area contributed by atoms with Crippen molar-refractivity contribution < 1.29 is 104 Å². The second-order valence-corrected chi connectivity index (χ2v) is 20.5. The summed E-state index contributed by atoms with van der Waals surface area (Å²) in [6.45, 7) is 0.362. The molecular formula is C64H61F10N6NaO10. The molecule has 0 aliphatic rings. The molecule has 0 unspecified atom stereocenters. The normalized spacial score (nSPS) is 12.1. The Morgan fingerprint density at radius 2 is 0.846 bits per heavy atom. The molecular weight excluding hydrogens is 1230 g/mol. The maximum absolute atomic E-state index is 15.6. The van der Waals surface area contributed by atoms with Crippen molar-refractivity contribution in [1.82, 2.24) is 28.9 Å². The molecule has 0 amide bonds. The van der Waals surface area contributed by atoms with E-state index < -0.39 is 117 Å². The fourth-order valence-electron chi connectivity index (χ4n) is 10.3. The average molecular weight is 1290 g/mol. The van der Waals surface area contributed by atoms with E-state index in [1.165, 1.54) is 64.5 Å². The molecule has 6 aromatic carbocycles. The molecule has 0 aliphatic carbocycles. The fraction of sp³-hybridized carbons (Fsp3) is 0.281. The largest absolute Gasteiger partial charge is 1.00 e. The maximum atomic E-state index is 15.6. The van der Waals surface area contributed by atoms with Crippen LogP contribution in [0.2, 0.25) is 0 Å². The van der Waals surface area contributed by atoms with Crippen LogP contribution in [0.5, 0.6) is 11.5 Å². The number of methoxy groups -OCH3 is 2. The number of aromatic nitrogens is 4. The van der Waals surface area contributed by atoms with E-state index in [9.17, 15) is 63.9 Å². The van der Waals surface area contributed by atoms with Gasteiger partial charge < -0.3 is 31.7 Å². The SMILES string of the molecule is COc1cccc(-c2c(C)n(Cc3c(F)cccc3C(F)(F)F)c(=O)n(C[C@H](NCCCC(=O)O)c3ccccc3)c2=O)c1F.COc1cccc(-c2c(C)n(Cc3c(F)cccc3C(F)(F)F)c(=O)n(C[C@H](NCCCC(=O)O)c3ccccc3)c2=O)c1F.[H-].[Na+]. The number of aliphatic carboxylic acids is 2. The number of nitrogens with one attached hydrogen (secondary N) is 2. The summed E-state index contributed by atoms with van der Waals surface area (Å²) in [6, 6.07) is 28.5. The number of alkyl halides is 6. The third-order valence-electron chi connectivity index (χ3n) is 14.8. The van der Waals surface area contributed by atoms with Gasteiger partial charge in [-0.15, -0.1) is 0 Å². The van der Waals surface area contributed by atoms with E-state index in [4.69, 9.17) is 19.7 Å². The Kier molecular flexibility index (Phi) is 24.7. The number of hydrogen-bond acceptors (Lipinski definition) is 10. The van der Waals surface area contributed by atoms with Crippen LogP contribution in [-0.2, 0) is 48.1 Å². The quantitative estimate of drug-likeness (QED) is 0.0257. The Morgan fingerprint density at radius 1 is 0.505 bits per heavy atom. The summed E-state index contributed by atoms with van der Waals surface area (Å²) in [5.74, 6) is -6.77. The van der Waals surface area contributed by atoms with Crippen molar-refractivity contribution >= 4 is 11.9 Å².